The Morgan fingerprint density at radius 2 is 1.79 bits per heavy atom. The van der Waals surface area contributed by atoms with Crippen LogP contribution in [0.2, 0.25) is 10.0 Å². The topological polar surface area (TPSA) is 91.2 Å². The highest BCUT2D eigenvalue weighted by atomic mass is 35.5. The highest BCUT2D eigenvalue weighted by molar-refractivity contribution is 8.03. The first-order valence-electron chi connectivity index (χ1n) is 11.7. The van der Waals surface area contributed by atoms with Crippen molar-refractivity contribution >= 4 is 58.2 Å². The second-order valence-electron chi connectivity index (χ2n) is 8.16. The van der Waals surface area contributed by atoms with Crippen LogP contribution in [0, 0.1) is 11.3 Å². The summed E-state index contributed by atoms with van der Waals surface area (Å²) in [7, 11) is 0. The number of dihydropyridines is 1. The Bertz CT molecular complexity index is 1470. The fourth-order valence-corrected chi connectivity index (χ4v) is 5.36. The third-order valence-electron chi connectivity index (χ3n) is 5.68. The van der Waals surface area contributed by atoms with Gasteiger partial charge in [-0.2, -0.15) is 5.26 Å². The number of allylic oxidation sites excluding steroid dienone is 1. The van der Waals surface area contributed by atoms with Crippen molar-refractivity contribution in [3.63, 3.8) is 0 Å². The molecule has 0 fully saturated rings. The van der Waals surface area contributed by atoms with E-state index < -0.39 is 11.9 Å². The average Bonchev–Trinajstić information content (AvgIpc) is 2.92. The van der Waals surface area contributed by atoms with Gasteiger partial charge in [-0.15, -0.1) is 0 Å². The van der Waals surface area contributed by atoms with Crippen LogP contribution in [0.5, 0.6) is 0 Å². The molecule has 3 aromatic carbocycles. The largest absolute Gasteiger partial charge is 0.463 e. The first kappa shape index (κ1) is 27.3. The molecule has 3 aromatic rings. The molecule has 1 amide bonds. The Hall–Kier alpha value is -3.70. The lowest BCUT2D eigenvalue weighted by molar-refractivity contribution is -0.138. The number of rotatable bonds is 8. The first-order valence-corrected chi connectivity index (χ1v) is 13.5. The molecule has 192 valence electrons. The number of esters is 1. The van der Waals surface area contributed by atoms with E-state index in [2.05, 4.69) is 16.7 Å². The van der Waals surface area contributed by atoms with Crippen molar-refractivity contribution in [3.05, 3.63) is 116 Å². The molecule has 1 heterocycles. The van der Waals surface area contributed by atoms with Gasteiger partial charge in [0.1, 0.15) is 0 Å². The highest BCUT2D eigenvalue weighted by Gasteiger charge is 2.38. The van der Waals surface area contributed by atoms with E-state index in [0.717, 1.165) is 17.3 Å². The Balaban J connectivity index is 1.77. The van der Waals surface area contributed by atoms with Crippen LogP contribution in [0.3, 0.4) is 0 Å². The second-order valence-corrected chi connectivity index (χ2v) is 9.99. The van der Waals surface area contributed by atoms with Gasteiger partial charge < -0.3 is 15.4 Å². The van der Waals surface area contributed by atoms with E-state index in [1.54, 1.807) is 55.5 Å². The van der Waals surface area contributed by atoms with E-state index in [-0.39, 0.29) is 29.4 Å². The van der Waals surface area contributed by atoms with E-state index in [1.165, 1.54) is 0 Å². The van der Waals surface area contributed by atoms with Crippen LogP contribution in [0.1, 0.15) is 24.0 Å². The summed E-state index contributed by atoms with van der Waals surface area (Å²) < 4.78 is 5.43. The minimum absolute atomic E-state index is 0.00603. The summed E-state index contributed by atoms with van der Waals surface area (Å²) in [6.07, 6.45) is 0. The van der Waals surface area contributed by atoms with Crippen molar-refractivity contribution in [1.82, 2.24) is 5.32 Å². The second kappa shape index (κ2) is 12.7. The van der Waals surface area contributed by atoms with Crippen molar-refractivity contribution in [2.45, 2.75) is 12.8 Å². The molecule has 0 spiro atoms. The number of anilines is 1. The van der Waals surface area contributed by atoms with Crippen LogP contribution in [0.15, 0.2) is 95.0 Å². The monoisotopic (exact) mass is 563 g/mol. The summed E-state index contributed by atoms with van der Waals surface area (Å²) in [5.41, 5.74) is 2.91. The Morgan fingerprint density at radius 3 is 2.47 bits per heavy atom. The third kappa shape index (κ3) is 6.22. The van der Waals surface area contributed by atoms with E-state index in [4.69, 9.17) is 27.9 Å². The Labute approximate surface area is 235 Å². The zero-order chi connectivity index (χ0) is 27.1. The lowest BCUT2D eigenvalue weighted by Crippen LogP contribution is -2.30. The molecule has 4 rings (SSSR count). The molecule has 9 heteroatoms. The molecule has 0 aliphatic carbocycles. The number of nitriles is 1. The Kier molecular flexibility index (Phi) is 9.14. The molecule has 0 saturated heterocycles. The van der Waals surface area contributed by atoms with Gasteiger partial charge in [0.25, 0.3) is 0 Å². The van der Waals surface area contributed by atoms with Crippen LogP contribution >= 0.6 is 35.0 Å². The smallest absolute Gasteiger partial charge is 0.337 e. The van der Waals surface area contributed by atoms with Crippen LogP contribution < -0.4 is 10.6 Å². The molecule has 1 aliphatic rings. The number of carbonyl (C=O) groups excluding carboxylic acids is 2. The number of carbonyl (C=O) groups is 2. The number of halogens is 2. The number of hydrogen-bond donors (Lipinski definition) is 2. The quantitative estimate of drug-likeness (QED) is 0.294. The van der Waals surface area contributed by atoms with Gasteiger partial charge in [0, 0.05) is 15.7 Å². The van der Waals surface area contributed by atoms with E-state index >= 15 is 0 Å². The minimum atomic E-state index is -0.803. The van der Waals surface area contributed by atoms with Crippen molar-refractivity contribution in [3.8, 4) is 6.07 Å². The zero-order valence-electron chi connectivity index (χ0n) is 20.3. The number of thioether (sulfide) groups is 1. The number of benzene rings is 3. The molecule has 0 unspecified atom stereocenters. The molecular formula is C29H23Cl2N3O3S. The van der Waals surface area contributed by atoms with Crippen LogP contribution in [0.4, 0.5) is 5.69 Å². The summed E-state index contributed by atoms with van der Waals surface area (Å²) in [5.74, 6) is -1.63. The van der Waals surface area contributed by atoms with Crippen LogP contribution in [-0.4, -0.2) is 24.2 Å². The fourth-order valence-electron chi connectivity index (χ4n) is 4.08. The molecule has 0 saturated carbocycles. The molecule has 0 bridgehead atoms. The summed E-state index contributed by atoms with van der Waals surface area (Å²) in [6, 6.07) is 25.5. The van der Waals surface area contributed by atoms with E-state index in [1.807, 2.05) is 30.3 Å². The molecule has 6 nitrogen and oxygen atoms in total. The third-order valence-corrected chi connectivity index (χ3v) is 7.28. The van der Waals surface area contributed by atoms with Crippen molar-refractivity contribution in [1.29, 1.82) is 5.26 Å². The number of hydrogen-bond acceptors (Lipinski definition) is 6. The van der Waals surface area contributed by atoms with Gasteiger partial charge in [-0.1, -0.05) is 89.6 Å². The maximum absolute atomic E-state index is 13.4. The zero-order valence-corrected chi connectivity index (χ0v) is 22.7. The van der Waals surface area contributed by atoms with Gasteiger partial charge in [-0.05, 0) is 42.3 Å². The summed E-state index contributed by atoms with van der Waals surface area (Å²) >= 11 is 13.8. The predicted molar refractivity (Wildman–Crippen MR) is 153 cm³/mol. The van der Waals surface area contributed by atoms with Gasteiger partial charge in [0.15, 0.2) is 0 Å². The normalized spacial score (nSPS) is 14.9. The highest BCUT2D eigenvalue weighted by Crippen LogP contribution is 2.45. The molecular weight excluding hydrogens is 541 g/mol. The number of nitrogens with zero attached hydrogens (tertiary/aromatic N) is 1. The van der Waals surface area contributed by atoms with Gasteiger partial charge >= 0.3 is 5.97 Å². The van der Waals surface area contributed by atoms with E-state index in [0.29, 0.717) is 32.0 Å². The average molecular weight is 564 g/mol. The maximum atomic E-state index is 13.4. The molecule has 38 heavy (non-hydrogen) atoms. The SMILES string of the molecule is CCOC(=O)C1=C(c2ccccc2)NC(SCC(=O)Nc2cccc(Cl)c2)=C(C#N)[C@@H]1c1ccccc1Cl. The Morgan fingerprint density at radius 1 is 1.05 bits per heavy atom. The van der Waals surface area contributed by atoms with Gasteiger partial charge in [0.2, 0.25) is 5.91 Å². The van der Waals surface area contributed by atoms with Crippen molar-refractivity contribution < 1.29 is 14.3 Å². The maximum Gasteiger partial charge on any atom is 0.337 e. The van der Waals surface area contributed by atoms with Crippen LogP contribution in [0.25, 0.3) is 5.70 Å². The standard InChI is InChI=1S/C29H23Cl2N3O3S/c1-2-37-29(36)26-25(21-13-6-7-14-23(21)31)22(16-32)28(34-27(26)18-9-4-3-5-10-18)38-17-24(35)33-20-12-8-11-19(30)15-20/h3-15,25,34H,2,17H2,1H3,(H,33,35)/t25-/m0/s1. The summed E-state index contributed by atoms with van der Waals surface area (Å²) in [6.45, 7) is 1.89. The van der Waals surface area contributed by atoms with Gasteiger partial charge in [-0.3, -0.25) is 4.79 Å². The molecule has 1 atom stereocenters. The lowest BCUT2D eigenvalue weighted by atomic mass is 9.81. The predicted octanol–water partition coefficient (Wildman–Crippen LogP) is 6.76. The van der Waals surface area contributed by atoms with Gasteiger partial charge in [-0.25, -0.2) is 4.79 Å². The molecule has 2 N–H and O–H groups in total. The number of amides is 1. The lowest BCUT2D eigenvalue weighted by Gasteiger charge is -2.31. The van der Waals surface area contributed by atoms with Crippen LogP contribution in [-0.2, 0) is 14.3 Å². The summed E-state index contributed by atoms with van der Waals surface area (Å²) in [5, 5.41) is 17.7. The molecule has 0 radical (unpaired) electrons. The number of ether oxygens (including phenoxy) is 1. The fraction of sp³-hybridized carbons (Fsp3) is 0.138. The number of nitrogens with one attached hydrogen (secondary N) is 2. The summed E-state index contributed by atoms with van der Waals surface area (Å²) in [4.78, 5) is 26.1. The van der Waals surface area contributed by atoms with Crippen molar-refractivity contribution in [2.75, 3.05) is 17.7 Å². The molecule has 0 aromatic heterocycles. The van der Waals surface area contributed by atoms with Crippen molar-refractivity contribution in [2.24, 2.45) is 0 Å². The van der Waals surface area contributed by atoms with Gasteiger partial charge in [0.05, 0.1) is 46.2 Å². The van der Waals surface area contributed by atoms with E-state index in [9.17, 15) is 14.9 Å². The first-order chi connectivity index (χ1) is 18.4. The molecule has 1 aliphatic heterocycles. The minimum Gasteiger partial charge on any atom is -0.463 e.